The van der Waals surface area contributed by atoms with Crippen molar-refractivity contribution in [2.24, 2.45) is 5.92 Å². The van der Waals surface area contributed by atoms with Crippen molar-refractivity contribution < 1.29 is 0 Å². The quantitative estimate of drug-likeness (QED) is 0.804. The Hall–Kier alpha value is -1.28. The summed E-state index contributed by atoms with van der Waals surface area (Å²) in [5.41, 5.74) is 4.87. The number of hydrogen-bond acceptors (Lipinski definition) is 1. The van der Waals surface area contributed by atoms with Crippen molar-refractivity contribution in [1.29, 1.82) is 0 Å². The van der Waals surface area contributed by atoms with E-state index in [2.05, 4.69) is 34.8 Å². The highest BCUT2D eigenvalue weighted by molar-refractivity contribution is 6.31. The van der Waals surface area contributed by atoms with Crippen LogP contribution in [0.15, 0.2) is 30.9 Å². The van der Waals surface area contributed by atoms with Gasteiger partial charge in [0.15, 0.2) is 0 Å². The predicted molar refractivity (Wildman–Crippen MR) is 85.8 cm³/mol. The lowest BCUT2D eigenvalue weighted by molar-refractivity contribution is 0.251. The zero-order valence-corrected chi connectivity index (χ0v) is 13.2. The van der Waals surface area contributed by atoms with Gasteiger partial charge in [0.05, 0.1) is 6.33 Å². The van der Waals surface area contributed by atoms with Gasteiger partial charge in [-0.2, -0.15) is 0 Å². The monoisotopic (exact) mass is 300 g/mol. The Morgan fingerprint density at radius 1 is 1.43 bits per heavy atom. The maximum atomic E-state index is 6.55. The molecule has 3 heteroatoms. The van der Waals surface area contributed by atoms with Gasteiger partial charge in [-0.3, -0.25) is 0 Å². The average Bonchev–Trinajstić information content (AvgIpc) is 2.94. The van der Waals surface area contributed by atoms with Gasteiger partial charge in [0.25, 0.3) is 0 Å². The van der Waals surface area contributed by atoms with Crippen molar-refractivity contribution in [3.63, 3.8) is 0 Å². The second-order valence-electron chi connectivity index (χ2n) is 7.01. The lowest BCUT2D eigenvalue weighted by Crippen LogP contribution is -2.37. The standard InChI is InChI=1S/C18H21ClN2/c1-18-6-2-3-14-4-5-16(19)15(17(14)18)9-13(10-18)11-21-8-7-20-12-21/h4-5,7-8,12-13H,2-3,6,9-11H2,1H3/t13-,18-/m0/s1. The van der Waals surface area contributed by atoms with Gasteiger partial charge >= 0.3 is 0 Å². The van der Waals surface area contributed by atoms with Crippen LogP contribution in [0.5, 0.6) is 0 Å². The molecular weight excluding hydrogens is 280 g/mol. The fourth-order valence-electron chi connectivity index (χ4n) is 4.65. The van der Waals surface area contributed by atoms with E-state index >= 15 is 0 Å². The molecule has 1 aromatic heterocycles. The highest BCUT2D eigenvalue weighted by Gasteiger charge is 2.40. The fourth-order valence-corrected chi connectivity index (χ4v) is 4.88. The van der Waals surface area contributed by atoms with E-state index in [9.17, 15) is 0 Å². The number of aryl methyl sites for hydroxylation is 1. The Morgan fingerprint density at radius 3 is 3.14 bits per heavy atom. The second kappa shape index (κ2) is 4.88. The molecule has 2 aromatic rings. The maximum Gasteiger partial charge on any atom is 0.0945 e. The van der Waals surface area contributed by atoms with Gasteiger partial charge in [0, 0.05) is 24.0 Å². The molecule has 110 valence electrons. The Balaban J connectivity index is 1.74. The van der Waals surface area contributed by atoms with E-state index in [-0.39, 0.29) is 0 Å². The van der Waals surface area contributed by atoms with Gasteiger partial charge in [0.1, 0.15) is 0 Å². The van der Waals surface area contributed by atoms with Gasteiger partial charge in [-0.1, -0.05) is 24.6 Å². The SMILES string of the molecule is C[C@@]12CCCc3ccc(Cl)c(c31)C[C@H](Cn1ccnc1)C2. The van der Waals surface area contributed by atoms with Crippen LogP contribution in [0.3, 0.4) is 0 Å². The Bertz CT molecular complexity index is 662. The molecule has 21 heavy (non-hydrogen) atoms. The molecule has 2 aliphatic carbocycles. The highest BCUT2D eigenvalue weighted by atomic mass is 35.5. The molecule has 0 spiro atoms. The molecule has 1 aromatic carbocycles. The number of halogens is 1. The predicted octanol–water partition coefficient (Wildman–Crippen LogP) is 4.39. The number of hydrogen-bond donors (Lipinski definition) is 0. The summed E-state index contributed by atoms with van der Waals surface area (Å²) < 4.78 is 2.21. The Kier molecular flexibility index (Phi) is 3.11. The number of nitrogens with zero attached hydrogens (tertiary/aromatic N) is 2. The molecule has 0 N–H and O–H groups in total. The van der Waals surface area contributed by atoms with E-state index in [0.29, 0.717) is 11.3 Å². The van der Waals surface area contributed by atoms with Gasteiger partial charge in [-0.15, -0.1) is 0 Å². The number of aromatic nitrogens is 2. The molecule has 0 saturated carbocycles. The summed E-state index contributed by atoms with van der Waals surface area (Å²) in [5.74, 6) is 0.655. The van der Waals surface area contributed by atoms with E-state index in [1.807, 2.05) is 12.5 Å². The third-order valence-corrected chi connectivity index (χ3v) is 5.73. The Morgan fingerprint density at radius 2 is 2.33 bits per heavy atom. The summed E-state index contributed by atoms with van der Waals surface area (Å²) in [6.07, 6.45) is 12.1. The fraction of sp³-hybridized carbons (Fsp3) is 0.500. The minimum absolute atomic E-state index is 0.317. The van der Waals surface area contributed by atoms with Crippen LogP contribution in [0.1, 0.15) is 42.9 Å². The molecule has 0 unspecified atom stereocenters. The normalized spacial score (nSPS) is 27.4. The first-order valence-corrected chi connectivity index (χ1v) is 8.30. The van der Waals surface area contributed by atoms with Crippen LogP contribution < -0.4 is 0 Å². The van der Waals surface area contributed by atoms with Crippen LogP contribution in [0.25, 0.3) is 0 Å². The third kappa shape index (κ3) is 2.20. The van der Waals surface area contributed by atoms with Crippen LogP contribution in [0.4, 0.5) is 0 Å². The van der Waals surface area contributed by atoms with E-state index in [1.54, 1.807) is 11.1 Å². The molecule has 2 nitrogen and oxygen atoms in total. The van der Waals surface area contributed by atoms with Crippen molar-refractivity contribution in [1.82, 2.24) is 9.55 Å². The summed E-state index contributed by atoms with van der Waals surface area (Å²) in [6, 6.07) is 4.37. The lowest BCUT2D eigenvalue weighted by Gasteiger charge is -2.44. The zero-order valence-electron chi connectivity index (χ0n) is 12.5. The van der Waals surface area contributed by atoms with Crippen molar-refractivity contribution in [3.05, 3.63) is 52.6 Å². The van der Waals surface area contributed by atoms with Crippen molar-refractivity contribution in [2.45, 2.75) is 51.0 Å². The van der Waals surface area contributed by atoms with E-state index in [4.69, 9.17) is 11.6 Å². The molecule has 4 rings (SSSR count). The lowest BCUT2D eigenvalue weighted by atomic mass is 9.61. The van der Waals surface area contributed by atoms with Crippen molar-refractivity contribution in [2.75, 3.05) is 0 Å². The van der Waals surface area contributed by atoms with Crippen LogP contribution >= 0.6 is 11.6 Å². The molecule has 0 aliphatic heterocycles. The van der Waals surface area contributed by atoms with Crippen LogP contribution in [0, 0.1) is 5.92 Å². The second-order valence-corrected chi connectivity index (χ2v) is 7.42. The van der Waals surface area contributed by atoms with Crippen LogP contribution in [0.2, 0.25) is 5.02 Å². The Labute approximate surface area is 131 Å². The largest absolute Gasteiger partial charge is 0.337 e. The highest BCUT2D eigenvalue weighted by Crippen LogP contribution is 2.49. The van der Waals surface area contributed by atoms with Gasteiger partial charge in [-0.25, -0.2) is 4.98 Å². The molecular formula is C18H21ClN2. The molecule has 1 heterocycles. The summed E-state index contributed by atoms with van der Waals surface area (Å²) in [6.45, 7) is 3.50. The first kappa shape index (κ1) is 13.4. The van der Waals surface area contributed by atoms with Crippen LogP contribution in [-0.2, 0) is 24.8 Å². The molecule has 0 radical (unpaired) electrons. The summed E-state index contributed by atoms with van der Waals surface area (Å²) in [5, 5.41) is 0.970. The van der Waals surface area contributed by atoms with Gasteiger partial charge in [-0.05, 0) is 66.2 Å². The van der Waals surface area contributed by atoms with E-state index in [1.165, 1.54) is 31.2 Å². The van der Waals surface area contributed by atoms with Crippen LogP contribution in [-0.4, -0.2) is 9.55 Å². The summed E-state index contributed by atoms with van der Waals surface area (Å²) in [7, 11) is 0. The molecule has 0 saturated heterocycles. The first-order valence-electron chi connectivity index (χ1n) is 7.92. The molecule has 0 fully saturated rings. The first-order chi connectivity index (χ1) is 10.2. The number of imidazole rings is 1. The topological polar surface area (TPSA) is 17.8 Å². The van der Waals surface area contributed by atoms with Crippen molar-refractivity contribution in [3.8, 4) is 0 Å². The number of benzene rings is 1. The van der Waals surface area contributed by atoms with Crippen molar-refractivity contribution >= 4 is 11.6 Å². The third-order valence-electron chi connectivity index (χ3n) is 5.38. The maximum absolute atomic E-state index is 6.55. The molecule has 0 bridgehead atoms. The number of rotatable bonds is 2. The minimum Gasteiger partial charge on any atom is -0.337 e. The van der Waals surface area contributed by atoms with Gasteiger partial charge in [0.2, 0.25) is 0 Å². The van der Waals surface area contributed by atoms with E-state index in [0.717, 1.165) is 18.0 Å². The smallest absolute Gasteiger partial charge is 0.0945 e. The molecule has 0 amide bonds. The summed E-state index contributed by atoms with van der Waals surface area (Å²) >= 11 is 6.55. The average molecular weight is 301 g/mol. The molecule has 2 aliphatic rings. The molecule has 2 atom stereocenters. The van der Waals surface area contributed by atoms with E-state index < -0.39 is 0 Å². The summed E-state index contributed by atoms with van der Waals surface area (Å²) in [4.78, 5) is 4.17. The zero-order chi connectivity index (χ0) is 14.4. The minimum atomic E-state index is 0.317. The van der Waals surface area contributed by atoms with Gasteiger partial charge < -0.3 is 4.57 Å².